The Hall–Kier alpha value is -1.05. The van der Waals surface area contributed by atoms with E-state index in [1.165, 1.54) is 6.42 Å². The van der Waals surface area contributed by atoms with Crippen molar-refractivity contribution in [2.75, 3.05) is 12.3 Å². The molecule has 3 N–H and O–H groups in total. The first-order chi connectivity index (χ1) is 9.99. The van der Waals surface area contributed by atoms with E-state index in [9.17, 15) is 8.42 Å². The predicted octanol–water partition coefficient (Wildman–Crippen LogP) is 1.74. The van der Waals surface area contributed by atoms with Gasteiger partial charge in [0.25, 0.3) is 0 Å². The van der Waals surface area contributed by atoms with Crippen LogP contribution in [0.25, 0.3) is 0 Å². The van der Waals surface area contributed by atoms with Gasteiger partial charge in [0.2, 0.25) is 10.0 Å². The van der Waals surface area contributed by atoms with Crippen LogP contribution in [-0.4, -0.2) is 31.9 Å². The van der Waals surface area contributed by atoms with Crippen LogP contribution in [0.5, 0.6) is 0 Å². The summed E-state index contributed by atoms with van der Waals surface area (Å²) in [5, 5.41) is 9.53. The van der Waals surface area contributed by atoms with Crippen LogP contribution >= 0.6 is 11.8 Å². The number of primary sulfonamides is 1. The number of sulfonamides is 1. The molecule has 7 heteroatoms. The Kier molecular flexibility index (Phi) is 5.66. The second-order valence-electron chi connectivity index (χ2n) is 5.01. The van der Waals surface area contributed by atoms with Crippen LogP contribution in [0.1, 0.15) is 25.3 Å². The number of hydrogen-bond donors (Lipinski definition) is 2. The Morgan fingerprint density at radius 3 is 2.71 bits per heavy atom. The monoisotopic (exact) mass is 327 g/mol. The molecular formula is C14H21N3O2S2. The summed E-state index contributed by atoms with van der Waals surface area (Å²) >= 11 is 1.77. The van der Waals surface area contributed by atoms with E-state index in [0.29, 0.717) is 12.6 Å². The Balaban J connectivity index is 1.88. The number of amidine groups is 1. The van der Waals surface area contributed by atoms with Gasteiger partial charge >= 0.3 is 0 Å². The van der Waals surface area contributed by atoms with Crippen molar-refractivity contribution in [3.05, 3.63) is 29.8 Å². The van der Waals surface area contributed by atoms with Crippen LogP contribution in [0.3, 0.4) is 0 Å². The summed E-state index contributed by atoms with van der Waals surface area (Å²) in [5.74, 6) is 1.12. The van der Waals surface area contributed by atoms with Gasteiger partial charge < -0.3 is 5.32 Å². The van der Waals surface area contributed by atoms with Crippen LogP contribution in [0.4, 0.5) is 0 Å². The Labute approximate surface area is 130 Å². The lowest BCUT2D eigenvalue weighted by Gasteiger charge is -2.24. The molecular weight excluding hydrogens is 306 g/mol. The maximum absolute atomic E-state index is 11.2. The lowest BCUT2D eigenvalue weighted by Crippen LogP contribution is -2.37. The lowest BCUT2D eigenvalue weighted by molar-refractivity contribution is 0.570. The molecule has 1 saturated heterocycles. The van der Waals surface area contributed by atoms with E-state index in [1.54, 1.807) is 36.0 Å². The quantitative estimate of drug-likeness (QED) is 0.862. The number of nitrogens with two attached hydrogens (primary N) is 1. The number of hydrogen-bond acceptors (Lipinski definition) is 4. The molecule has 1 aliphatic rings. The summed E-state index contributed by atoms with van der Waals surface area (Å²) in [5.41, 5.74) is 1.06. The minimum atomic E-state index is -3.61. The van der Waals surface area contributed by atoms with E-state index < -0.39 is 10.0 Å². The average molecular weight is 327 g/mol. The van der Waals surface area contributed by atoms with E-state index in [4.69, 9.17) is 5.14 Å². The van der Waals surface area contributed by atoms with Gasteiger partial charge in [-0.2, -0.15) is 0 Å². The molecule has 1 aliphatic heterocycles. The Bertz CT molecular complexity index is 597. The van der Waals surface area contributed by atoms with Gasteiger partial charge in [0.15, 0.2) is 5.17 Å². The number of aliphatic imine (C=N–C) groups is 1. The molecule has 1 fully saturated rings. The third-order valence-corrected chi connectivity index (χ3v) is 5.32. The van der Waals surface area contributed by atoms with Crippen LogP contribution in [0, 0.1) is 0 Å². The molecule has 0 aliphatic carbocycles. The molecule has 1 aromatic carbocycles. The first kappa shape index (κ1) is 16.3. The zero-order valence-electron chi connectivity index (χ0n) is 12.1. The van der Waals surface area contributed by atoms with Crippen molar-refractivity contribution >= 4 is 27.0 Å². The van der Waals surface area contributed by atoms with Gasteiger partial charge in [-0.3, -0.25) is 4.99 Å². The average Bonchev–Trinajstić information content (AvgIpc) is 2.47. The molecule has 0 amide bonds. The molecule has 21 heavy (non-hydrogen) atoms. The second kappa shape index (κ2) is 7.29. The van der Waals surface area contributed by atoms with E-state index in [2.05, 4.69) is 17.2 Å². The molecule has 116 valence electrons. The topological polar surface area (TPSA) is 84.5 Å². The summed E-state index contributed by atoms with van der Waals surface area (Å²) in [6, 6.07) is 7.20. The molecule has 1 heterocycles. The smallest absolute Gasteiger partial charge is 0.238 e. The Morgan fingerprint density at radius 1 is 1.38 bits per heavy atom. The van der Waals surface area contributed by atoms with Crippen molar-refractivity contribution in [1.29, 1.82) is 0 Å². The van der Waals surface area contributed by atoms with Crippen molar-refractivity contribution in [2.24, 2.45) is 10.1 Å². The fourth-order valence-electron chi connectivity index (χ4n) is 2.12. The first-order valence-corrected chi connectivity index (χ1v) is 9.57. The van der Waals surface area contributed by atoms with Gasteiger partial charge in [-0.1, -0.05) is 30.8 Å². The van der Waals surface area contributed by atoms with Gasteiger partial charge in [-0.25, -0.2) is 13.6 Å². The van der Waals surface area contributed by atoms with Crippen molar-refractivity contribution in [3.63, 3.8) is 0 Å². The third kappa shape index (κ3) is 5.01. The highest BCUT2D eigenvalue weighted by Gasteiger charge is 2.15. The van der Waals surface area contributed by atoms with Gasteiger partial charge in [0.05, 0.1) is 4.90 Å². The molecule has 0 radical (unpaired) electrons. The van der Waals surface area contributed by atoms with Gasteiger partial charge in [-0.15, -0.1) is 0 Å². The molecule has 0 saturated carbocycles. The molecule has 0 aromatic heterocycles. The molecule has 1 unspecified atom stereocenters. The van der Waals surface area contributed by atoms with E-state index in [0.717, 1.165) is 29.3 Å². The molecule has 1 aromatic rings. The van der Waals surface area contributed by atoms with Gasteiger partial charge in [0, 0.05) is 18.3 Å². The summed E-state index contributed by atoms with van der Waals surface area (Å²) < 4.78 is 22.3. The number of rotatable bonds is 5. The zero-order chi connectivity index (χ0) is 15.3. The van der Waals surface area contributed by atoms with Crippen molar-refractivity contribution in [3.8, 4) is 0 Å². The highest BCUT2D eigenvalue weighted by atomic mass is 32.2. The standard InChI is InChI=1S/C14H21N3O2S2/c1-2-12-8-10-20-14(17-12)16-9-7-11-3-5-13(6-4-11)21(15,18)19/h3-6,12H,2,7-10H2,1H3,(H,16,17)(H2,15,18,19). The van der Waals surface area contributed by atoms with E-state index >= 15 is 0 Å². The lowest BCUT2D eigenvalue weighted by atomic mass is 10.1. The molecule has 5 nitrogen and oxygen atoms in total. The number of benzene rings is 1. The largest absolute Gasteiger partial charge is 0.362 e. The summed E-state index contributed by atoms with van der Waals surface area (Å²) in [6.07, 6.45) is 3.09. The number of thioether (sulfide) groups is 1. The van der Waals surface area contributed by atoms with Crippen LogP contribution in [0.2, 0.25) is 0 Å². The second-order valence-corrected chi connectivity index (χ2v) is 7.66. The summed E-state index contributed by atoms with van der Waals surface area (Å²) in [4.78, 5) is 4.72. The van der Waals surface area contributed by atoms with Crippen LogP contribution in [-0.2, 0) is 16.4 Å². The van der Waals surface area contributed by atoms with Crippen molar-refractivity contribution in [2.45, 2.75) is 37.1 Å². The molecule has 0 bridgehead atoms. The highest BCUT2D eigenvalue weighted by molar-refractivity contribution is 8.13. The maximum Gasteiger partial charge on any atom is 0.238 e. The minimum Gasteiger partial charge on any atom is -0.362 e. The fraction of sp³-hybridized carbons (Fsp3) is 0.500. The third-order valence-electron chi connectivity index (χ3n) is 3.43. The van der Waals surface area contributed by atoms with Crippen molar-refractivity contribution < 1.29 is 8.42 Å². The SMILES string of the molecule is CCC1CCSC(=NCCc2ccc(S(N)(=O)=O)cc2)N1. The summed E-state index contributed by atoms with van der Waals surface area (Å²) in [6.45, 7) is 2.87. The zero-order valence-corrected chi connectivity index (χ0v) is 13.7. The normalized spacial score (nSPS) is 21.2. The van der Waals surface area contributed by atoms with E-state index in [1.807, 2.05) is 0 Å². The van der Waals surface area contributed by atoms with Gasteiger partial charge in [0.1, 0.15) is 0 Å². The highest BCUT2D eigenvalue weighted by Crippen LogP contribution is 2.16. The number of nitrogens with one attached hydrogen (secondary N) is 1. The number of nitrogens with zero attached hydrogens (tertiary/aromatic N) is 1. The molecule has 1 atom stereocenters. The van der Waals surface area contributed by atoms with Crippen LogP contribution in [0.15, 0.2) is 34.2 Å². The van der Waals surface area contributed by atoms with Crippen LogP contribution < -0.4 is 10.5 Å². The first-order valence-electron chi connectivity index (χ1n) is 7.04. The fourth-order valence-corrected chi connectivity index (χ4v) is 3.66. The van der Waals surface area contributed by atoms with Crippen molar-refractivity contribution in [1.82, 2.24) is 5.32 Å². The van der Waals surface area contributed by atoms with Gasteiger partial charge in [-0.05, 0) is 37.0 Å². The predicted molar refractivity (Wildman–Crippen MR) is 88.1 cm³/mol. The summed E-state index contributed by atoms with van der Waals surface area (Å²) in [7, 11) is -3.61. The molecule has 2 rings (SSSR count). The maximum atomic E-state index is 11.2. The Morgan fingerprint density at radius 2 is 2.10 bits per heavy atom. The minimum absolute atomic E-state index is 0.146. The molecule has 0 spiro atoms. The van der Waals surface area contributed by atoms with E-state index in [-0.39, 0.29) is 4.90 Å².